The van der Waals surface area contributed by atoms with E-state index in [1.54, 1.807) is 0 Å². The number of carbonyl (C=O) groups excluding carboxylic acids is 4. The lowest BCUT2D eigenvalue weighted by Gasteiger charge is -2.21. The van der Waals surface area contributed by atoms with E-state index in [2.05, 4.69) is 55.4 Å². The number of phosphoric ester groups is 2. The van der Waals surface area contributed by atoms with Gasteiger partial charge in [-0.3, -0.25) is 37.3 Å². The first-order chi connectivity index (χ1) is 39.1. The largest absolute Gasteiger partial charge is 0.472 e. The number of rotatable bonds is 60. The molecule has 0 saturated carbocycles. The van der Waals surface area contributed by atoms with Gasteiger partial charge in [-0.05, 0) is 49.4 Å². The van der Waals surface area contributed by atoms with Crippen LogP contribution in [0, 0.1) is 23.7 Å². The molecule has 5 atom stereocenters. The fourth-order valence-corrected chi connectivity index (χ4v) is 10.8. The number of unbranched alkanes of at least 4 members (excludes halogenated alkanes) is 26. The highest BCUT2D eigenvalue weighted by atomic mass is 31.2. The van der Waals surface area contributed by atoms with Crippen LogP contribution in [0.3, 0.4) is 0 Å². The third kappa shape index (κ3) is 57.2. The van der Waals surface area contributed by atoms with E-state index in [0.29, 0.717) is 43.4 Å². The number of hydrogen-bond donors (Lipinski definition) is 3. The van der Waals surface area contributed by atoms with Crippen molar-refractivity contribution in [2.45, 2.75) is 318 Å². The number of phosphoric acid groups is 2. The van der Waals surface area contributed by atoms with Crippen molar-refractivity contribution >= 4 is 39.5 Å². The van der Waals surface area contributed by atoms with Gasteiger partial charge in [0.1, 0.15) is 19.3 Å². The van der Waals surface area contributed by atoms with Crippen molar-refractivity contribution in [3.63, 3.8) is 0 Å². The Hall–Kier alpha value is -1.94. The minimum Gasteiger partial charge on any atom is -0.462 e. The van der Waals surface area contributed by atoms with E-state index >= 15 is 0 Å². The lowest BCUT2D eigenvalue weighted by Crippen LogP contribution is -2.30. The molecule has 0 aromatic carbocycles. The minimum absolute atomic E-state index is 0.102. The molecule has 0 saturated heterocycles. The van der Waals surface area contributed by atoms with E-state index < -0.39 is 97.5 Å². The second kappa shape index (κ2) is 53.3. The lowest BCUT2D eigenvalue weighted by atomic mass is 10.0. The number of hydrogen-bond acceptors (Lipinski definition) is 15. The molecule has 0 aliphatic carbocycles. The molecule has 0 rings (SSSR count). The zero-order valence-corrected chi connectivity index (χ0v) is 54.9. The van der Waals surface area contributed by atoms with Crippen LogP contribution in [0.1, 0.15) is 299 Å². The maximum absolute atomic E-state index is 13.0. The molecule has 0 spiro atoms. The maximum Gasteiger partial charge on any atom is 0.472 e. The summed E-state index contributed by atoms with van der Waals surface area (Å²) in [5.74, 6) is 0.688. The van der Waals surface area contributed by atoms with Gasteiger partial charge < -0.3 is 33.8 Å². The minimum atomic E-state index is -4.94. The van der Waals surface area contributed by atoms with Crippen LogP contribution in [0.15, 0.2) is 0 Å². The average Bonchev–Trinajstić information content (AvgIpc) is 3.40. The SMILES string of the molecule is CC(C)CCCCCCCCCCCCC(=O)O[C@H](COC(=O)CCCCCCCCC(C)C)COP(=O)(O)OC[C@H](O)COP(=O)(O)OC[C@@H](COC(=O)CCCCCCCCCC(C)C)OC(=O)CCCCCCCCCC(C)C. The van der Waals surface area contributed by atoms with Crippen molar-refractivity contribution in [2.24, 2.45) is 23.7 Å². The molecular formula is C63H122O17P2. The third-order valence-corrected chi connectivity index (χ3v) is 16.2. The summed E-state index contributed by atoms with van der Waals surface area (Å²) in [6.45, 7) is 13.9. The van der Waals surface area contributed by atoms with E-state index in [1.807, 2.05) is 0 Å². The van der Waals surface area contributed by atoms with Crippen molar-refractivity contribution < 1.29 is 80.2 Å². The summed E-state index contributed by atoms with van der Waals surface area (Å²) in [5.41, 5.74) is 0. The summed E-state index contributed by atoms with van der Waals surface area (Å²) >= 11 is 0. The highest BCUT2D eigenvalue weighted by Gasteiger charge is 2.30. The summed E-state index contributed by atoms with van der Waals surface area (Å²) in [4.78, 5) is 72.1. The van der Waals surface area contributed by atoms with E-state index in [4.69, 9.17) is 37.0 Å². The molecule has 2 unspecified atom stereocenters. The highest BCUT2D eigenvalue weighted by molar-refractivity contribution is 7.47. The predicted octanol–water partition coefficient (Wildman–Crippen LogP) is 17.0. The summed E-state index contributed by atoms with van der Waals surface area (Å²) in [7, 11) is -9.89. The first-order valence-corrected chi connectivity index (χ1v) is 35.7. The molecule has 0 aliphatic heterocycles. The lowest BCUT2D eigenvalue weighted by molar-refractivity contribution is -0.161. The van der Waals surface area contributed by atoms with Gasteiger partial charge >= 0.3 is 39.5 Å². The normalized spacial score (nSPS) is 14.5. The van der Waals surface area contributed by atoms with Crippen LogP contribution in [-0.4, -0.2) is 96.7 Å². The van der Waals surface area contributed by atoms with Crippen LogP contribution < -0.4 is 0 Å². The zero-order chi connectivity index (χ0) is 61.1. The van der Waals surface area contributed by atoms with Gasteiger partial charge in [0, 0.05) is 25.7 Å². The molecule has 486 valence electrons. The van der Waals surface area contributed by atoms with E-state index in [9.17, 15) is 43.2 Å². The van der Waals surface area contributed by atoms with Gasteiger partial charge in [-0.1, -0.05) is 248 Å². The molecule has 0 bridgehead atoms. The van der Waals surface area contributed by atoms with E-state index in [1.165, 1.54) is 89.9 Å². The Balaban J connectivity index is 5.24. The Kier molecular flexibility index (Phi) is 52.0. The highest BCUT2D eigenvalue weighted by Crippen LogP contribution is 2.45. The molecule has 0 radical (unpaired) electrons. The van der Waals surface area contributed by atoms with Crippen LogP contribution in [0.25, 0.3) is 0 Å². The Morgan fingerprint density at radius 2 is 0.512 bits per heavy atom. The van der Waals surface area contributed by atoms with E-state index in [0.717, 1.165) is 109 Å². The Bertz CT molecular complexity index is 1640. The summed E-state index contributed by atoms with van der Waals surface area (Å²) in [5, 5.41) is 10.5. The standard InChI is InChI=1S/C63H122O17P2/c1-53(2)39-31-23-15-11-9-10-12-18-29-37-45-62(67)79-59(50-74-61(66)44-36-28-22-21-26-34-42-56(7)8)52-78-82(71,72)76-48-57(64)47-75-81(69,70)77-51-58(80-63(68)46-38-30-20-14-17-25-33-41-55(5)6)49-73-60(65)43-35-27-19-13-16-24-32-40-54(3)4/h53-59,64H,9-52H2,1-8H3,(H,69,70)(H,71,72)/t57-,58-,59-/m1/s1. The second-order valence-corrected chi connectivity index (χ2v) is 27.6. The van der Waals surface area contributed by atoms with Crippen LogP contribution in [0.2, 0.25) is 0 Å². The van der Waals surface area contributed by atoms with E-state index in [-0.39, 0.29) is 25.7 Å². The molecule has 0 heterocycles. The number of ether oxygens (including phenoxy) is 4. The number of aliphatic hydroxyl groups excluding tert-OH is 1. The fraction of sp³-hybridized carbons (Fsp3) is 0.937. The predicted molar refractivity (Wildman–Crippen MR) is 326 cm³/mol. The van der Waals surface area contributed by atoms with Gasteiger partial charge in [-0.25, -0.2) is 9.13 Å². The monoisotopic (exact) mass is 1210 g/mol. The summed E-state index contributed by atoms with van der Waals surface area (Å²) in [6.07, 6.45) is 32.4. The Labute approximate surface area is 498 Å². The first kappa shape index (κ1) is 80.1. The van der Waals surface area contributed by atoms with Crippen LogP contribution >= 0.6 is 15.6 Å². The van der Waals surface area contributed by atoms with Crippen molar-refractivity contribution in [2.75, 3.05) is 39.6 Å². The topological polar surface area (TPSA) is 237 Å². The molecule has 0 aliphatic rings. The van der Waals surface area contributed by atoms with Crippen molar-refractivity contribution in [1.82, 2.24) is 0 Å². The molecular weight excluding hydrogens is 1090 g/mol. The molecule has 19 heteroatoms. The molecule has 0 fully saturated rings. The van der Waals surface area contributed by atoms with Crippen molar-refractivity contribution in [3.8, 4) is 0 Å². The summed E-state index contributed by atoms with van der Waals surface area (Å²) < 4.78 is 67.9. The van der Waals surface area contributed by atoms with Crippen LogP contribution in [0.4, 0.5) is 0 Å². The van der Waals surface area contributed by atoms with Gasteiger partial charge in [0.25, 0.3) is 0 Å². The number of aliphatic hydroxyl groups is 1. The zero-order valence-electron chi connectivity index (χ0n) is 53.1. The van der Waals surface area contributed by atoms with Gasteiger partial charge in [-0.2, -0.15) is 0 Å². The van der Waals surface area contributed by atoms with Crippen LogP contribution in [0.5, 0.6) is 0 Å². The van der Waals surface area contributed by atoms with Gasteiger partial charge in [0.2, 0.25) is 0 Å². The van der Waals surface area contributed by atoms with Crippen molar-refractivity contribution in [3.05, 3.63) is 0 Å². The molecule has 0 aromatic heterocycles. The van der Waals surface area contributed by atoms with Crippen LogP contribution in [-0.2, 0) is 65.4 Å². The molecule has 3 N–H and O–H groups in total. The smallest absolute Gasteiger partial charge is 0.462 e. The summed E-state index contributed by atoms with van der Waals surface area (Å²) in [6, 6.07) is 0. The average molecular weight is 1210 g/mol. The Morgan fingerprint density at radius 3 is 0.756 bits per heavy atom. The molecule has 0 amide bonds. The third-order valence-electron chi connectivity index (χ3n) is 14.3. The Morgan fingerprint density at radius 1 is 0.305 bits per heavy atom. The van der Waals surface area contributed by atoms with Gasteiger partial charge in [0.15, 0.2) is 12.2 Å². The maximum atomic E-state index is 13.0. The molecule has 0 aromatic rings. The molecule has 17 nitrogen and oxygen atoms in total. The molecule has 82 heavy (non-hydrogen) atoms. The first-order valence-electron chi connectivity index (χ1n) is 32.7. The number of esters is 4. The van der Waals surface area contributed by atoms with Gasteiger partial charge in [-0.15, -0.1) is 0 Å². The second-order valence-electron chi connectivity index (χ2n) is 24.7. The van der Waals surface area contributed by atoms with Gasteiger partial charge in [0.05, 0.1) is 26.4 Å². The number of carbonyl (C=O) groups is 4. The quantitative estimate of drug-likeness (QED) is 0.0222. The van der Waals surface area contributed by atoms with Crippen molar-refractivity contribution in [1.29, 1.82) is 0 Å². The fourth-order valence-electron chi connectivity index (χ4n) is 9.25.